The molecule has 0 unspecified atom stereocenters. The molecule has 0 amide bonds. The first kappa shape index (κ1) is 14.5. The van der Waals surface area contributed by atoms with Crippen molar-refractivity contribution in [2.75, 3.05) is 20.7 Å². The van der Waals surface area contributed by atoms with E-state index in [4.69, 9.17) is 4.74 Å². The molecular weight excluding hydrogens is 294 g/mol. The number of piperidine rings is 1. The standard InChI is InChI=1S/C18H19NO4/c1-19-6-5-17-10-18(19,22)16(21)8-12(17)4-3-11-7-14(20)15(23-2)9-13(11)17/h3-4,7-9,20,22H,5-6,10H2,1-2H3/t17-,18+/m1/s1. The number of hydrogen-bond acceptors (Lipinski definition) is 5. The van der Waals surface area contributed by atoms with Gasteiger partial charge in [0, 0.05) is 18.4 Å². The molecule has 2 bridgehead atoms. The van der Waals surface area contributed by atoms with E-state index in [0.29, 0.717) is 18.7 Å². The van der Waals surface area contributed by atoms with Crippen LogP contribution in [0.4, 0.5) is 0 Å². The van der Waals surface area contributed by atoms with Crippen LogP contribution < -0.4 is 4.74 Å². The van der Waals surface area contributed by atoms with E-state index in [0.717, 1.165) is 23.1 Å². The zero-order valence-corrected chi connectivity index (χ0v) is 13.2. The Morgan fingerprint density at radius 2 is 2.09 bits per heavy atom. The lowest BCUT2D eigenvalue weighted by Crippen LogP contribution is -2.63. The van der Waals surface area contributed by atoms with Crippen LogP contribution in [0.3, 0.4) is 0 Å². The number of methoxy groups -OCH3 is 1. The van der Waals surface area contributed by atoms with Crippen LogP contribution in [0.5, 0.6) is 11.5 Å². The molecule has 1 aromatic carbocycles. The van der Waals surface area contributed by atoms with E-state index in [1.165, 1.54) is 7.11 Å². The Bertz CT molecular complexity index is 781. The summed E-state index contributed by atoms with van der Waals surface area (Å²) in [6.07, 6.45) is 6.53. The number of ether oxygens (including phenoxy) is 1. The topological polar surface area (TPSA) is 70.0 Å². The second-order valence-electron chi connectivity index (χ2n) is 6.66. The lowest BCUT2D eigenvalue weighted by molar-refractivity contribution is -0.168. The van der Waals surface area contributed by atoms with Gasteiger partial charge in [-0.2, -0.15) is 0 Å². The zero-order valence-electron chi connectivity index (χ0n) is 13.2. The fourth-order valence-corrected chi connectivity index (χ4v) is 4.18. The van der Waals surface area contributed by atoms with E-state index >= 15 is 0 Å². The van der Waals surface area contributed by atoms with Gasteiger partial charge in [-0.25, -0.2) is 0 Å². The first-order valence-corrected chi connectivity index (χ1v) is 7.70. The van der Waals surface area contributed by atoms with Crippen LogP contribution in [0.1, 0.15) is 24.0 Å². The van der Waals surface area contributed by atoms with E-state index in [1.807, 2.05) is 18.2 Å². The van der Waals surface area contributed by atoms with E-state index in [-0.39, 0.29) is 11.5 Å². The maximum absolute atomic E-state index is 12.4. The quantitative estimate of drug-likeness (QED) is 0.824. The molecule has 0 aromatic heterocycles. The number of carbonyl (C=O) groups is 1. The highest BCUT2D eigenvalue weighted by Gasteiger charge is 2.56. The van der Waals surface area contributed by atoms with Gasteiger partial charge in [0.05, 0.1) is 7.11 Å². The van der Waals surface area contributed by atoms with Crippen molar-refractivity contribution in [1.29, 1.82) is 0 Å². The Hall–Kier alpha value is -2.11. The molecule has 2 N–H and O–H groups in total. The van der Waals surface area contributed by atoms with Crippen molar-refractivity contribution in [2.45, 2.75) is 24.0 Å². The van der Waals surface area contributed by atoms with Gasteiger partial charge in [-0.1, -0.05) is 12.2 Å². The Labute approximate surface area is 134 Å². The molecule has 3 aliphatic rings. The summed E-state index contributed by atoms with van der Waals surface area (Å²) in [6.45, 7) is 0.621. The smallest absolute Gasteiger partial charge is 0.202 e. The minimum Gasteiger partial charge on any atom is -0.504 e. The lowest BCUT2D eigenvalue weighted by Gasteiger charge is -2.54. The van der Waals surface area contributed by atoms with Crippen molar-refractivity contribution < 1.29 is 19.7 Å². The second-order valence-corrected chi connectivity index (χ2v) is 6.66. The molecule has 0 saturated carbocycles. The molecule has 1 saturated heterocycles. The minimum atomic E-state index is -1.46. The molecule has 1 aromatic rings. The van der Waals surface area contributed by atoms with Crippen LogP contribution in [0.15, 0.2) is 29.9 Å². The zero-order chi connectivity index (χ0) is 16.4. The van der Waals surface area contributed by atoms with Gasteiger partial charge >= 0.3 is 0 Å². The van der Waals surface area contributed by atoms with Gasteiger partial charge in [-0.05, 0) is 48.4 Å². The molecule has 0 radical (unpaired) electrons. The third kappa shape index (κ3) is 1.72. The first-order chi connectivity index (χ1) is 10.9. The number of likely N-dealkylation sites (tertiary alicyclic amines) is 1. The van der Waals surface area contributed by atoms with Crippen LogP contribution in [0, 0.1) is 0 Å². The van der Waals surface area contributed by atoms with E-state index in [2.05, 4.69) is 0 Å². The Kier molecular flexibility index (Phi) is 2.81. The number of benzene rings is 1. The van der Waals surface area contributed by atoms with Crippen LogP contribution in [-0.2, 0) is 10.2 Å². The van der Waals surface area contributed by atoms with Gasteiger partial charge in [-0.3, -0.25) is 9.69 Å². The third-order valence-electron chi connectivity index (χ3n) is 5.60. The molecule has 1 spiro atoms. The summed E-state index contributed by atoms with van der Waals surface area (Å²) in [5, 5.41) is 20.9. The predicted octanol–water partition coefficient (Wildman–Crippen LogP) is 1.59. The van der Waals surface area contributed by atoms with Crippen LogP contribution in [0.2, 0.25) is 0 Å². The number of fused-ring (bicyclic) bond motifs is 2. The van der Waals surface area contributed by atoms with Crippen LogP contribution >= 0.6 is 0 Å². The summed E-state index contributed by atoms with van der Waals surface area (Å²) in [5.74, 6) is 0.242. The minimum absolute atomic E-state index is 0.0924. The summed E-state index contributed by atoms with van der Waals surface area (Å²) < 4.78 is 5.26. The molecule has 23 heavy (non-hydrogen) atoms. The van der Waals surface area contributed by atoms with Gasteiger partial charge in [-0.15, -0.1) is 0 Å². The van der Waals surface area contributed by atoms with E-state index in [1.54, 1.807) is 24.1 Å². The average Bonchev–Trinajstić information content (AvgIpc) is 2.53. The fourth-order valence-electron chi connectivity index (χ4n) is 4.18. The number of aromatic hydroxyl groups is 1. The largest absolute Gasteiger partial charge is 0.504 e. The van der Waals surface area contributed by atoms with Gasteiger partial charge < -0.3 is 14.9 Å². The molecule has 4 rings (SSSR count). The summed E-state index contributed by atoms with van der Waals surface area (Å²) in [7, 11) is 3.30. The molecular formula is C18H19NO4. The molecule has 1 fully saturated rings. The molecule has 120 valence electrons. The number of hydrogen-bond donors (Lipinski definition) is 2. The number of phenols is 1. The highest BCUT2D eigenvalue weighted by molar-refractivity contribution is 6.00. The van der Waals surface area contributed by atoms with Crippen LogP contribution in [0.25, 0.3) is 6.08 Å². The van der Waals surface area contributed by atoms with Gasteiger partial charge in [0.25, 0.3) is 0 Å². The molecule has 1 heterocycles. The highest BCUT2D eigenvalue weighted by Crippen LogP contribution is 2.54. The summed E-state index contributed by atoms with van der Waals surface area (Å²) in [6, 6.07) is 3.52. The number of rotatable bonds is 1. The highest BCUT2D eigenvalue weighted by atomic mass is 16.5. The van der Waals surface area contributed by atoms with Crippen LogP contribution in [-0.4, -0.2) is 47.3 Å². The maximum Gasteiger partial charge on any atom is 0.202 e. The predicted molar refractivity (Wildman–Crippen MR) is 85.3 cm³/mol. The maximum atomic E-state index is 12.4. The monoisotopic (exact) mass is 313 g/mol. The fraction of sp³-hybridized carbons (Fsp3) is 0.389. The van der Waals surface area contributed by atoms with Crippen molar-refractivity contribution in [3.8, 4) is 11.5 Å². The molecule has 5 heteroatoms. The van der Waals surface area contributed by atoms with Gasteiger partial charge in [0.2, 0.25) is 5.78 Å². The van der Waals surface area contributed by atoms with Crippen molar-refractivity contribution in [1.82, 2.24) is 4.90 Å². The number of allylic oxidation sites excluding steroid dienone is 2. The number of phenolic OH excluding ortho intramolecular Hbond substituents is 1. The Morgan fingerprint density at radius 1 is 1.30 bits per heavy atom. The van der Waals surface area contributed by atoms with E-state index in [9.17, 15) is 15.0 Å². The summed E-state index contributed by atoms with van der Waals surface area (Å²) in [5.41, 5.74) is 0.956. The molecule has 5 nitrogen and oxygen atoms in total. The summed E-state index contributed by atoms with van der Waals surface area (Å²) >= 11 is 0. The number of carbonyl (C=O) groups excluding carboxylic acids is 1. The second kappa shape index (κ2) is 4.46. The number of likely N-dealkylation sites (N-methyl/N-ethyl adjacent to an activating group) is 1. The first-order valence-electron chi connectivity index (χ1n) is 7.70. The van der Waals surface area contributed by atoms with Gasteiger partial charge in [0.15, 0.2) is 17.2 Å². The lowest BCUT2D eigenvalue weighted by atomic mass is 9.58. The van der Waals surface area contributed by atoms with Gasteiger partial charge in [0.1, 0.15) is 0 Å². The van der Waals surface area contributed by atoms with Crippen molar-refractivity contribution in [2.24, 2.45) is 0 Å². The third-order valence-corrected chi connectivity index (χ3v) is 5.60. The van der Waals surface area contributed by atoms with Crippen molar-refractivity contribution in [3.63, 3.8) is 0 Å². The normalized spacial score (nSPS) is 32.1. The summed E-state index contributed by atoms with van der Waals surface area (Å²) in [4.78, 5) is 14.1. The van der Waals surface area contributed by atoms with Crippen molar-refractivity contribution in [3.05, 3.63) is 41.0 Å². The number of aliphatic hydroxyl groups is 1. The van der Waals surface area contributed by atoms with E-state index < -0.39 is 11.1 Å². The molecule has 2 aliphatic carbocycles. The number of nitrogens with zero attached hydrogens (tertiary/aromatic N) is 1. The molecule has 1 aliphatic heterocycles. The Morgan fingerprint density at radius 3 is 2.83 bits per heavy atom. The van der Waals surface area contributed by atoms with Crippen molar-refractivity contribution >= 4 is 11.9 Å². The SMILES string of the molecule is COc1cc2c(cc1O)C=CC1=CC(=O)[C@@]3(O)C[C@]12CCN3C. The Balaban J connectivity index is 1.98. The number of ketones is 1. The average molecular weight is 313 g/mol. The molecule has 2 atom stereocenters.